The van der Waals surface area contributed by atoms with Gasteiger partial charge in [0.1, 0.15) is 11.5 Å². The third kappa shape index (κ3) is 14.0. The fourth-order valence-electron chi connectivity index (χ4n) is 6.59. The predicted octanol–water partition coefficient (Wildman–Crippen LogP) is 12.9. The van der Waals surface area contributed by atoms with Gasteiger partial charge in [-0.1, -0.05) is 78.1 Å². The Morgan fingerprint density at radius 3 is 1.16 bits per heavy atom. The number of hydrogen-bond donors (Lipinski definition) is 4. The van der Waals surface area contributed by atoms with E-state index >= 15 is 0 Å². The van der Waals surface area contributed by atoms with Crippen molar-refractivity contribution < 1.29 is 49.1 Å². The zero-order chi connectivity index (χ0) is 44.4. The summed E-state index contributed by atoms with van der Waals surface area (Å²) in [5.41, 5.74) is 1.38. The van der Waals surface area contributed by atoms with Gasteiger partial charge in [0.05, 0.1) is 46.8 Å². The van der Waals surface area contributed by atoms with E-state index in [1.165, 1.54) is 85.5 Å². The number of carbonyl (C=O) groups is 4. The number of nitrogens with zero attached hydrogens (tertiary/aromatic N) is 2. The summed E-state index contributed by atoms with van der Waals surface area (Å²) < 4.78 is 13.1. The molecule has 14 heteroatoms. The van der Waals surface area contributed by atoms with Gasteiger partial charge in [0.15, 0.2) is 0 Å². The minimum Gasteiger partial charge on any atom is -0.493 e. The third-order valence-corrected chi connectivity index (χ3v) is 12.0. The average molecular weight is 881 g/mol. The van der Waals surface area contributed by atoms with Gasteiger partial charge in [0, 0.05) is 43.1 Å². The maximum absolute atomic E-state index is 11.7. The smallest absolute Gasteiger partial charge is 0.335 e. The summed E-state index contributed by atoms with van der Waals surface area (Å²) >= 11 is 2.90. The Balaban J connectivity index is 1.50. The number of unbranched alkanes of at least 4 members (excludes halogenated alkanes) is 10. The largest absolute Gasteiger partial charge is 0.493 e. The summed E-state index contributed by atoms with van der Waals surface area (Å²) in [5, 5.41) is 38.1. The molecule has 0 aliphatic carbocycles. The van der Waals surface area contributed by atoms with Crippen molar-refractivity contribution in [1.82, 2.24) is 0 Å². The van der Waals surface area contributed by atoms with E-state index in [0.29, 0.717) is 24.7 Å². The molecule has 12 nitrogen and oxygen atoms in total. The molecule has 0 amide bonds. The number of thiophene rings is 2. The van der Waals surface area contributed by atoms with Crippen molar-refractivity contribution in [2.24, 2.45) is 9.98 Å². The van der Waals surface area contributed by atoms with Crippen LogP contribution in [0.5, 0.6) is 11.5 Å². The van der Waals surface area contributed by atoms with E-state index in [2.05, 4.69) is 23.8 Å². The van der Waals surface area contributed by atoms with Crippen LogP contribution in [0.25, 0.3) is 20.9 Å². The highest BCUT2D eigenvalue weighted by atomic mass is 32.1. The number of benzene rings is 3. The van der Waals surface area contributed by atoms with Crippen LogP contribution in [0.1, 0.15) is 142 Å². The summed E-state index contributed by atoms with van der Waals surface area (Å²) in [6.07, 6.45) is 16.4. The van der Waals surface area contributed by atoms with Gasteiger partial charge in [0.2, 0.25) is 0 Å². The molecule has 0 spiro atoms. The Labute approximate surface area is 369 Å². The lowest BCUT2D eigenvalue weighted by Crippen LogP contribution is -2.02. The van der Waals surface area contributed by atoms with Gasteiger partial charge in [-0.3, -0.25) is 9.98 Å². The molecule has 0 aliphatic heterocycles. The van der Waals surface area contributed by atoms with Gasteiger partial charge in [-0.25, -0.2) is 19.2 Å². The van der Waals surface area contributed by atoms with Crippen LogP contribution in [0, 0.1) is 0 Å². The van der Waals surface area contributed by atoms with Crippen LogP contribution in [0.15, 0.2) is 82.8 Å². The van der Waals surface area contributed by atoms with Gasteiger partial charge in [0.25, 0.3) is 0 Å². The van der Waals surface area contributed by atoms with Crippen LogP contribution >= 0.6 is 22.7 Å². The van der Waals surface area contributed by atoms with Gasteiger partial charge in [-0.15, -0.1) is 22.7 Å². The molecule has 4 N–H and O–H groups in total. The van der Waals surface area contributed by atoms with Crippen LogP contribution in [0.4, 0.5) is 11.4 Å². The molecule has 0 unspecified atom stereocenters. The van der Waals surface area contributed by atoms with E-state index in [4.69, 9.17) is 9.47 Å². The lowest BCUT2D eigenvalue weighted by atomic mass is 10.1. The molecule has 0 radical (unpaired) electrons. The Bertz CT molecular complexity index is 2170. The van der Waals surface area contributed by atoms with Crippen molar-refractivity contribution >= 4 is 70.4 Å². The van der Waals surface area contributed by atoms with Crippen molar-refractivity contribution in [2.45, 2.75) is 90.9 Å². The molecule has 2 heterocycles. The fraction of sp³-hybridized carbons (Fsp3) is 0.333. The number of carboxylic acid groups (broad SMARTS) is 4. The van der Waals surface area contributed by atoms with Crippen LogP contribution in [0.2, 0.25) is 0 Å². The van der Waals surface area contributed by atoms with Crippen LogP contribution in [0.3, 0.4) is 0 Å². The fourth-order valence-corrected chi connectivity index (χ4v) is 8.39. The summed E-state index contributed by atoms with van der Waals surface area (Å²) in [6, 6.07) is 19.2. The molecule has 0 atom stereocenters. The molecule has 0 fully saturated rings. The number of aliphatic imine (C=N–C) groups is 2. The first-order valence-corrected chi connectivity index (χ1v) is 22.5. The van der Waals surface area contributed by atoms with E-state index in [1.54, 1.807) is 12.4 Å². The Kier molecular flexibility index (Phi) is 18.0. The second-order valence-corrected chi connectivity index (χ2v) is 17.0. The molecule has 0 saturated carbocycles. The van der Waals surface area contributed by atoms with E-state index < -0.39 is 23.9 Å². The summed E-state index contributed by atoms with van der Waals surface area (Å²) in [5.74, 6) is -3.66. The first kappa shape index (κ1) is 46.9. The topological polar surface area (TPSA) is 192 Å². The zero-order valence-electron chi connectivity index (χ0n) is 34.9. The molecule has 0 saturated heterocycles. The maximum atomic E-state index is 11.7. The van der Waals surface area contributed by atoms with Crippen molar-refractivity contribution in [2.75, 3.05) is 13.2 Å². The standard InChI is InChI=1S/C48H52N2O10S2/c1-3-5-7-9-11-13-19-59-41-27-40(44-18-16-38(62-44)30-50-36-25-33(47(55)56)22-34(26-36)48(57)58)42(60-20-14-12-10-8-6-4-2)28-39(41)43-17-15-37(61-43)29-49-35-23-31(45(51)52)21-32(24-35)46(53)54/h15-18,21-30H,3-14,19-20H2,1-2H3,(H,51,52)(H,53,54)(H,55,56)(H,57,58). The van der Waals surface area contributed by atoms with Crippen molar-refractivity contribution in [3.8, 4) is 32.4 Å². The number of rotatable bonds is 26. The second kappa shape index (κ2) is 23.8. The molecule has 0 bridgehead atoms. The summed E-state index contributed by atoms with van der Waals surface area (Å²) in [6.45, 7) is 5.41. The van der Waals surface area contributed by atoms with E-state index in [0.717, 1.165) is 81.3 Å². The van der Waals surface area contributed by atoms with Crippen molar-refractivity contribution in [3.63, 3.8) is 0 Å². The predicted molar refractivity (Wildman–Crippen MR) is 246 cm³/mol. The Hall–Kier alpha value is -6.12. The van der Waals surface area contributed by atoms with E-state index in [-0.39, 0.29) is 33.6 Å². The van der Waals surface area contributed by atoms with Crippen LogP contribution < -0.4 is 9.47 Å². The zero-order valence-corrected chi connectivity index (χ0v) is 36.6. The SMILES string of the molecule is CCCCCCCCOc1cc(-c2ccc(C=Nc3cc(C(=O)O)cc(C(=O)O)c3)s2)c(OCCCCCCCC)cc1-c1ccc(C=Nc2cc(C(=O)O)cc(C(=O)O)c2)s1. The minimum atomic E-state index is -1.25. The van der Waals surface area contributed by atoms with Crippen LogP contribution in [-0.4, -0.2) is 69.9 Å². The van der Waals surface area contributed by atoms with Gasteiger partial charge >= 0.3 is 23.9 Å². The van der Waals surface area contributed by atoms with Gasteiger partial charge in [-0.2, -0.15) is 0 Å². The molecule has 5 aromatic rings. The monoisotopic (exact) mass is 880 g/mol. The number of hydrogen-bond acceptors (Lipinski definition) is 10. The molecular weight excluding hydrogens is 829 g/mol. The Morgan fingerprint density at radius 1 is 0.484 bits per heavy atom. The Morgan fingerprint density at radius 2 is 0.823 bits per heavy atom. The van der Waals surface area contributed by atoms with Gasteiger partial charge in [-0.05, 0) is 85.6 Å². The third-order valence-electron chi connectivity index (χ3n) is 9.88. The average Bonchev–Trinajstić information content (AvgIpc) is 3.94. The highest BCUT2D eigenvalue weighted by Crippen LogP contribution is 2.45. The molecule has 326 valence electrons. The summed E-state index contributed by atoms with van der Waals surface area (Å²) in [4.78, 5) is 58.8. The second-order valence-electron chi connectivity index (χ2n) is 14.8. The molecular formula is C48H52N2O10S2. The minimum absolute atomic E-state index is 0.172. The van der Waals surface area contributed by atoms with Crippen LogP contribution in [-0.2, 0) is 0 Å². The van der Waals surface area contributed by atoms with E-state index in [9.17, 15) is 39.6 Å². The van der Waals surface area contributed by atoms with E-state index in [1.807, 2.05) is 36.4 Å². The lowest BCUT2D eigenvalue weighted by Gasteiger charge is -2.17. The maximum Gasteiger partial charge on any atom is 0.335 e. The first-order chi connectivity index (χ1) is 29.9. The summed E-state index contributed by atoms with van der Waals surface area (Å²) in [7, 11) is 0. The lowest BCUT2D eigenvalue weighted by molar-refractivity contribution is 0.0676. The molecule has 0 aliphatic rings. The number of aromatic carboxylic acids is 4. The van der Waals surface area contributed by atoms with Crippen molar-refractivity contribution in [1.29, 1.82) is 0 Å². The quantitative estimate of drug-likeness (QED) is 0.0307. The van der Waals surface area contributed by atoms with Crippen molar-refractivity contribution in [3.05, 3.63) is 105 Å². The molecule has 5 rings (SSSR count). The molecule has 3 aromatic carbocycles. The molecule has 2 aromatic heterocycles. The molecule has 62 heavy (non-hydrogen) atoms. The normalized spacial score (nSPS) is 11.4. The number of ether oxygens (including phenoxy) is 2. The van der Waals surface area contributed by atoms with Gasteiger partial charge < -0.3 is 29.9 Å². The number of carboxylic acids is 4. The highest BCUT2D eigenvalue weighted by Gasteiger charge is 2.19. The first-order valence-electron chi connectivity index (χ1n) is 20.9. The highest BCUT2D eigenvalue weighted by molar-refractivity contribution is 7.17.